The zero-order valence-corrected chi connectivity index (χ0v) is 16.9. The van der Waals surface area contributed by atoms with E-state index in [2.05, 4.69) is 10.5 Å². The number of nitrogens with zero attached hydrogens (tertiary/aromatic N) is 1. The molecule has 0 spiro atoms. The summed E-state index contributed by atoms with van der Waals surface area (Å²) >= 11 is 6.00. The molecule has 0 aliphatic heterocycles. The summed E-state index contributed by atoms with van der Waals surface area (Å²) in [6, 6.07) is 20.7. The number of amides is 1. The Hall–Kier alpha value is -3.64. The first-order valence-corrected chi connectivity index (χ1v) is 9.47. The predicted octanol–water partition coefficient (Wildman–Crippen LogP) is 4.40. The lowest BCUT2D eigenvalue weighted by Gasteiger charge is -2.06. The van der Waals surface area contributed by atoms with Gasteiger partial charge >= 0.3 is 5.97 Å². The quantitative estimate of drug-likeness (QED) is 0.265. The summed E-state index contributed by atoms with van der Waals surface area (Å²) in [7, 11) is 0. The summed E-state index contributed by atoms with van der Waals surface area (Å²) in [5.41, 5.74) is 4.51. The molecule has 30 heavy (non-hydrogen) atoms. The molecule has 0 bridgehead atoms. The Morgan fingerprint density at radius 3 is 2.33 bits per heavy atom. The summed E-state index contributed by atoms with van der Waals surface area (Å²) in [4.78, 5) is 23.9. The van der Waals surface area contributed by atoms with E-state index >= 15 is 0 Å². The number of carbonyl (C=O) groups excluding carboxylic acids is 2. The molecule has 0 aromatic heterocycles. The zero-order valence-electron chi connectivity index (χ0n) is 16.2. The van der Waals surface area contributed by atoms with Crippen molar-refractivity contribution in [1.82, 2.24) is 5.43 Å². The average molecular weight is 423 g/mol. The smallest absolute Gasteiger partial charge is 0.345 e. The maximum absolute atomic E-state index is 12.2. The number of esters is 1. The highest BCUT2D eigenvalue weighted by Gasteiger charge is 2.11. The lowest BCUT2D eigenvalue weighted by atomic mass is 10.2. The Balaban J connectivity index is 1.47. The lowest BCUT2D eigenvalue weighted by Crippen LogP contribution is -2.24. The number of halogens is 1. The van der Waals surface area contributed by atoms with Crippen LogP contribution in [0.4, 0.5) is 0 Å². The van der Waals surface area contributed by atoms with E-state index in [0.717, 1.165) is 5.56 Å². The van der Waals surface area contributed by atoms with Gasteiger partial charge in [0.05, 0.1) is 16.8 Å². The fourth-order valence-electron chi connectivity index (χ4n) is 2.41. The number of ether oxygens (including phenoxy) is 2. The van der Waals surface area contributed by atoms with E-state index in [4.69, 9.17) is 21.1 Å². The number of hydrazone groups is 1. The Kier molecular flexibility index (Phi) is 7.19. The van der Waals surface area contributed by atoms with E-state index in [1.807, 2.05) is 19.1 Å². The van der Waals surface area contributed by atoms with E-state index in [9.17, 15) is 9.59 Å². The molecule has 0 heterocycles. The Morgan fingerprint density at radius 2 is 1.63 bits per heavy atom. The van der Waals surface area contributed by atoms with Crippen molar-refractivity contribution >= 4 is 29.7 Å². The normalized spacial score (nSPS) is 10.6. The SMILES string of the molecule is Cc1ccc(OCC(=O)NN=Cc2ccc(OC(=O)c3ccccc3Cl)cc2)cc1. The van der Waals surface area contributed by atoms with Crippen LogP contribution in [-0.2, 0) is 4.79 Å². The number of rotatable bonds is 7. The fraction of sp³-hybridized carbons (Fsp3) is 0.0870. The third-order valence-electron chi connectivity index (χ3n) is 3.98. The molecule has 1 amide bonds. The molecular weight excluding hydrogens is 404 g/mol. The molecule has 3 aromatic carbocycles. The van der Waals surface area contributed by atoms with Crippen molar-refractivity contribution in [2.75, 3.05) is 6.61 Å². The topological polar surface area (TPSA) is 77.0 Å². The summed E-state index contributed by atoms with van der Waals surface area (Å²) in [6.45, 7) is 1.83. The number of hydrogen-bond acceptors (Lipinski definition) is 5. The Bertz CT molecular complexity index is 1050. The minimum atomic E-state index is -0.539. The minimum absolute atomic E-state index is 0.142. The first-order valence-electron chi connectivity index (χ1n) is 9.09. The first-order chi connectivity index (χ1) is 14.5. The summed E-state index contributed by atoms with van der Waals surface area (Å²) in [5, 5.41) is 4.22. The van der Waals surface area contributed by atoms with Gasteiger partial charge in [0, 0.05) is 0 Å². The molecule has 0 unspecified atom stereocenters. The lowest BCUT2D eigenvalue weighted by molar-refractivity contribution is -0.123. The van der Waals surface area contributed by atoms with Crippen molar-refractivity contribution in [2.45, 2.75) is 6.92 Å². The van der Waals surface area contributed by atoms with Crippen molar-refractivity contribution in [3.63, 3.8) is 0 Å². The second kappa shape index (κ2) is 10.2. The van der Waals surface area contributed by atoms with Crippen LogP contribution in [0.3, 0.4) is 0 Å². The van der Waals surface area contributed by atoms with Crippen LogP contribution in [-0.4, -0.2) is 24.7 Å². The van der Waals surface area contributed by atoms with Crippen LogP contribution < -0.4 is 14.9 Å². The summed E-state index contributed by atoms with van der Waals surface area (Å²) < 4.78 is 10.7. The molecule has 0 saturated carbocycles. The second-order valence-electron chi connectivity index (χ2n) is 6.33. The van der Waals surface area contributed by atoms with Gasteiger partial charge in [0.1, 0.15) is 11.5 Å². The Morgan fingerprint density at radius 1 is 0.967 bits per heavy atom. The zero-order chi connectivity index (χ0) is 21.3. The van der Waals surface area contributed by atoms with Crippen molar-refractivity contribution in [3.8, 4) is 11.5 Å². The Labute approximate surface area is 179 Å². The number of nitrogens with one attached hydrogen (secondary N) is 1. The number of carbonyl (C=O) groups is 2. The molecule has 3 rings (SSSR count). The van der Waals surface area contributed by atoms with Crippen molar-refractivity contribution in [2.24, 2.45) is 5.10 Å². The highest BCUT2D eigenvalue weighted by molar-refractivity contribution is 6.33. The van der Waals surface area contributed by atoms with Gasteiger partial charge in [0.15, 0.2) is 6.61 Å². The van der Waals surface area contributed by atoms with Gasteiger partial charge in [-0.3, -0.25) is 4.79 Å². The number of hydrogen-bond donors (Lipinski definition) is 1. The van der Waals surface area contributed by atoms with Crippen molar-refractivity contribution in [3.05, 3.63) is 94.5 Å². The molecule has 0 saturated heterocycles. The molecule has 0 fully saturated rings. The monoisotopic (exact) mass is 422 g/mol. The van der Waals surface area contributed by atoms with E-state index in [-0.39, 0.29) is 12.5 Å². The molecule has 0 atom stereocenters. The van der Waals surface area contributed by atoms with E-state index in [1.54, 1.807) is 60.7 Å². The van der Waals surface area contributed by atoms with Crippen LogP contribution in [0, 0.1) is 6.92 Å². The van der Waals surface area contributed by atoms with E-state index < -0.39 is 5.97 Å². The standard InChI is InChI=1S/C23H19ClN2O4/c1-16-6-10-18(11-7-16)29-15-22(27)26-25-14-17-8-12-19(13-9-17)30-23(28)20-4-2-3-5-21(20)24/h2-14H,15H2,1H3,(H,26,27). The van der Waals surface area contributed by atoms with Gasteiger partial charge < -0.3 is 9.47 Å². The second-order valence-corrected chi connectivity index (χ2v) is 6.74. The molecule has 7 heteroatoms. The van der Waals surface area contributed by atoms with Crippen LogP contribution in [0.15, 0.2) is 77.9 Å². The molecule has 0 radical (unpaired) electrons. The van der Waals surface area contributed by atoms with Crippen LogP contribution in [0.25, 0.3) is 0 Å². The maximum Gasteiger partial charge on any atom is 0.345 e. The maximum atomic E-state index is 12.2. The number of benzene rings is 3. The minimum Gasteiger partial charge on any atom is -0.484 e. The van der Waals surface area contributed by atoms with E-state index in [1.165, 1.54) is 6.21 Å². The van der Waals surface area contributed by atoms with Crippen LogP contribution >= 0.6 is 11.6 Å². The van der Waals surface area contributed by atoms with Gasteiger partial charge in [-0.15, -0.1) is 0 Å². The molecule has 152 valence electrons. The molecule has 3 aromatic rings. The average Bonchev–Trinajstić information content (AvgIpc) is 2.75. The van der Waals surface area contributed by atoms with Gasteiger partial charge in [0.25, 0.3) is 5.91 Å². The van der Waals surface area contributed by atoms with Gasteiger partial charge in [-0.05, 0) is 61.0 Å². The van der Waals surface area contributed by atoms with Crippen molar-refractivity contribution in [1.29, 1.82) is 0 Å². The molecular formula is C23H19ClN2O4. The first kappa shape index (κ1) is 21.1. The van der Waals surface area contributed by atoms with Gasteiger partial charge in [-0.1, -0.05) is 41.4 Å². The third kappa shape index (κ3) is 6.18. The molecule has 0 aliphatic rings. The highest BCUT2D eigenvalue weighted by atomic mass is 35.5. The van der Waals surface area contributed by atoms with Gasteiger partial charge in [-0.2, -0.15) is 5.10 Å². The summed E-state index contributed by atoms with van der Waals surface area (Å²) in [5.74, 6) is 0.0641. The van der Waals surface area contributed by atoms with E-state index in [0.29, 0.717) is 27.6 Å². The highest BCUT2D eigenvalue weighted by Crippen LogP contribution is 2.19. The third-order valence-corrected chi connectivity index (χ3v) is 4.31. The number of aryl methyl sites for hydroxylation is 1. The summed E-state index contributed by atoms with van der Waals surface area (Å²) in [6.07, 6.45) is 1.48. The predicted molar refractivity (Wildman–Crippen MR) is 115 cm³/mol. The molecule has 0 aliphatic carbocycles. The van der Waals surface area contributed by atoms with Crippen LogP contribution in [0.1, 0.15) is 21.5 Å². The van der Waals surface area contributed by atoms with Crippen LogP contribution in [0.5, 0.6) is 11.5 Å². The molecule has 6 nitrogen and oxygen atoms in total. The van der Waals surface area contributed by atoms with Gasteiger partial charge in [-0.25, -0.2) is 10.2 Å². The molecule has 1 N–H and O–H groups in total. The largest absolute Gasteiger partial charge is 0.484 e. The fourth-order valence-corrected chi connectivity index (χ4v) is 2.62. The van der Waals surface area contributed by atoms with Gasteiger partial charge in [0.2, 0.25) is 0 Å². The van der Waals surface area contributed by atoms with Crippen LogP contribution in [0.2, 0.25) is 5.02 Å². The van der Waals surface area contributed by atoms with Crippen molar-refractivity contribution < 1.29 is 19.1 Å².